The van der Waals surface area contributed by atoms with Gasteiger partial charge < -0.3 is 105 Å². The summed E-state index contributed by atoms with van der Waals surface area (Å²) in [6.07, 6.45) is -4.20. The number of aliphatic hydroxyl groups excluding tert-OH is 4. The summed E-state index contributed by atoms with van der Waals surface area (Å²) in [6, 6.07) is -8.90. The van der Waals surface area contributed by atoms with Crippen LogP contribution in [0.4, 0.5) is 0 Å². The standard InChI is InChI=1S/C55H87ClN12O20/c1-4-6-7-8-11-23-87-32-14-12-13-30(24-32)16-17-31(70)25-40(72)60-38-28-88-55(86)43(39(71)27-56)67-53(83)44(45(75)54(84)85)68-46(76)33(5-2)61-52(82)42(29(3)69)66-49(79)36(19-22-59)63-47(77)34(15-9-10-20-57)62-50(80)37(26-41(73)74)65-48(78)35(18-21-58)64-51(38)81/h5,12-14,24,29,31,34-39,42-45,69-71,75H,4,6-11,15-23,25-28,57-59H2,1-3H3,(H,60,72)(H,61,82)(H,62,80)(H,63,77)(H,64,81)(H,65,78)(H,66,79)(H,67,83)(H,68,76)(H,73,74)(H,84,85)/b33-5+/t29-,31?,34-,35+,36-,37-,38-,39+,42-,43-,44-,45?/m0/s1. The number of carbonyl (C=O) groups excluding carboxylic acids is 10. The van der Waals surface area contributed by atoms with E-state index in [1.54, 1.807) is 24.3 Å². The smallest absolute Gasteiger partial charge is 0.335 e. The summed E-state index contributed by atoms with van der Waals surface area (Å²) >= 11 is 5.88. The van der Waals surface area contributed by atoms with E-state index < -0.39 is 181 Å². The molecule has 32 nitrogen and oxygen atoms in total. The van der Waals surface area contributed by atoms with Crippen molar-refractivity contribution in [2.75, 3.05) is 38.7 Å². The number of carbonyl (C=O) groups is 12. The normalized spacial score (nSPS) is 23.7. The van der Waals surface area contributed by atoms with Gasteiger partial charge in [-0.25, -0.2) is 9.59 Å². The second-order valence-corrected chi connectivity index (χ2v) is 21.0. The molecule has 0 spiro atoms. The largest absolute Gasteiger partial charge is 0.494 e. The first-order valence-electron chi connectivity index (χ1n) is 28.9. The van der Waals surface area contributed by atoms with Crippen LogP contribution in [0.25, 0.3) is 0 Å². The molecule has 1 aromatic carbocycles. The van der Waals surface area contributed by atoms with E-state index in [1.807, 2.05) is 10.6 Å². The SMILES string of the molecule is C/C=C1/NC(=O)[C@H]([C@H](C)O)NC(=O)[C@H](CCN)NC(=O)[C@H](CCCCN)NC(=O)[C@H](CC(=O)O)NC(=O)[C@@H](CCN)NC(=O)[C@@H](NC(=O)CC(O)CCc2cccc(OCCCCCCC)c2)COC(=O)[C@H]([C@H](O)CCl)NC(=O)[C@H](C(O)C(=O)O)NC1=O. The number of esters is 1. The Morgan fingerprint density at radius 1 is 0.705 bits per heavy atom. The summed E-state index contributed by atoms with van der Waals surface area (Å²) in [5.74, 6) is -17.4. The molecule has 21 N–H and O–H groups in total. The molecule has 1 aliphatic heterocycles. The first-order valence-corrected chi connectivity index (χ1v) is 29.4. The zero-order chi connectivity index (χ0) is 66.0. The minimum absolute atomic E-state index is 0.00148. The summed E-state index contributed by atoms with van der Waals surface area (Å²) in [7, 11) is 0. The van der Waals surface area contributed by atoms with Gasteiger partial charge in [-0.15, -0.1) is 11.6 Å². The van der Waals surface area contributed by atoms with Crippen molar-refractivity contribution in [1.82, 2.24) is 47.9 Å². The lowest BCUT2D eigenvalue weighted by molar-refractivity contribution is -0.155. The zero-order valence-electron chi connectivity index (χ0n) is 49.5. The van der Waals surface area contributed by atoms with Crippen LogP contribution in [-0.2, 0) is 68.7 Å². The lowest BCUT2D eigenvalue weighted by Crippen LogP contribution is -2.62. The van der Waals surface area contributed by atoms with Crippen molar-refractivity contribution >= 4 is 82.7 Å². The molecule has 9 amide bonds. The van der Waals surface area contributed by atoms with Gasteiger partial charge in [0.2, 0.25) is 47.3 Å². The molecule has 88 heavy (non-hydrogen) atoms. The first kappa shape index (κ1) is 76.5. The second-order valence-electron chi connectivity index (χ2n) is 20.7. The zero-order valence-corrected chi connectivity index (χ0v) is 50.2. The molecular weight excluding hydrogens is 1180 g/mol. The van der Waals surface area contributed by atoms with Crippen LogP contribution >= 0.6 is 11.6 Å². The summed E-state index contributed by atoms with van der Waals surface area (Å²) in [5.41, 5.74) is 17.2. The molecule has 0 saturated carbocycles. The molecule has 1 fully saturated rings. The Morgan fingerprint density at radius 3 is 1.85 bits per heavy atom. The Morgan fingerprint density at radius 2 is 1.28 bits per heavy atom. The number of aryl methyl sites for hydroxylation is 1. The number of halogens is 1. The number of allylic oxidation sites excluding steroid dienone is 1. The third kappa shape index (κ3) is 27.2. The number of aliphatic carboxylic acids is 2. The molecule has 33 heteroatoms. The highest BCUT2D eigenvalue weighted by atomic mass is 35.5. The van der Waals surface area contributed by atoms with E-state index in [0.717, 1.165) is 57.6 Å². The van der Waals surface area contributed by atoms with Gasteiger partial charge in [-0.05, 0) is 103 Å². The molecular formula is C55H87ClN12O20. The van der Waals surface area contributed by atoms with Gasteiger partial charge in [0.05, 0.1) is 43.6 Å². The molecule has 1 aromatic rings. The fourth-order valence-corrected chi connectivity index (χ4v) is 8.73. The van der Waals surface area contributed by atoms with Gasteiger partial charge in [-0.2, -0.15) is 0 Å². The van der Waals surface area contributed by atoms with E-state index >= 15 is 0 Å². The molecule has 1 aliphatic rings. The third-order valence-corrected chi connectivity index (χ3v) is 13.8. The summed E-state index contributed by atoms with van der Waals surface area (Å²) in [6.45, 7) is 3.03. The number of cyclic esters (lactones) is 1. The molecule has 494 valence electrons. The van der Waals surface area contributed by atoms with Gasteiger partial charge in [-0.1, -0.05) is 50.8 Å². The Balaban J connectivity index is 2.76. The Kier molecular flexibility index (Phi) is 35.5. The van der Waals surface area contributed by atoms with Crippen LogP contribution in [-0.4, -0.2) is 213 Å². The van der Waals surface area contributed by atoms with Crippen LogP contribution in [0.15, 0.2) is 36.0 Å². The topological polar surface area (TPSA) is 531 Å². The number of alkyl halides is 1. The molecule has 12 atom stereocenters. The predicted molar refractivity (Wildman–Crippen MR) is 312 cm³/mol. The Hall–Kier alpha value is -7.59. The average molecular weight is 1270 g/mol. The summed E-state index contributed by atoms with van der Waals surface area (Å²) in [4.78, 5) is 163. The number of hydrogen-bond donors (Lipinski definition) is 18. The van der Waals surface area contributed by atoms with Crippen LogP contribution in [0.5, 0.6) is 5.75 Å². The van der Waals surface area contributed by atoms with Crippen LogP contribution < -0.4 is 69.8 Å². The van der Waals surface area contributed by atoms with Crippen molar-refractivity contribution in [3.05, 3.63) is 41.6 Å². The van der Waals surface area contributed by atoms with Gasteiger partial charge in [-0.3, -0.25) is 47.9 Å². The fourth-order valence-electron chi connectivity index (χ4n) is 8.56. The number of nitrogens with one attached hydrogen (secondary N) is 9. The quantitative estimate of drug-likeness (QED) is 0.0162. The van der Waals surface area contributed by atoms with Crippen molar-refractivity contribution in [3.8, 4) is 5.75 Å². The van der Waals surface area contributed by atoms with E-state index in [-0.39, 0.29) is 58.2 Å². The van der Waals surface area contributed by atoms with E-state index in [0.29, 0.717) is 12.4 Å². The van der Waals surface area contributed by atoms with E-state index in [9.17, 15) is 88.2 Å². The molecule has 0 bridgehead atoms. The summed E-state index contributed by atoms with van der Waals surface area (Å²) in [5, 5.41) is 82.6. The Bertz CT molecular complexity index is 2550. The minimum Gasteiger partial charge on any atom is -0.494 e. The molecule has 2 rings (SSSR count). The minimum atomic E-state index is -2.85. The van der Waals surface area contributed by atoms with Crippen molar-refractivity contribution < 1.29 is 97.6 Å². The average Bonchev–Trinajstić information content (AvgIpc) is 3.66. The number of rotatable bonds is 28. The monoisotopic (exact) mass is 1270 g/mol. The lowest BCUT2D eigenvalue weighted by atomic mass is 10.0. The molecule has 2 unspecified atom stereocenters. The Labute approximate surface area is 513 Å². The maximum Gasteiger partial charge on any atom is 0.335 e. The predicted octanol–water partition coefficient (Wildman–Crippen LogP) is -5.10. The van der Waals surface area contributed by atoms with Gasteiger partial charge >= 0.3 is 17.9 Å². The number of hydrogen-bond acceptors (Lipinski definition) is 21. The number of aliphatic hydroxyl groups is 4. The van der Waals surface area contributed by atoms with Crippen molar-refractivity contribution in [3.63, 3.8) is 0 Å². The molecule has 0 aromatic heterocycles. The number of amides is 9. The number of carboxylic acids is 2. The lowest BCUT2D eigenvalue weighted by Gasteiger charge is -2.28. The maximum absolute atomic E-state index is 14.3. The number of ether oxygens (including phenoxy) is 2. The third-order valence-electron chi connectivity index (χ3n) is 13.5. The van der Waals surface area contributed by atoms with Crippen molar-refractivity contribution in [1.29, 1.82) is 0 Å². The molecule has 0 aliphatic carbocycles. The van der Waals surface area contributed by atoms with Crippen LogP contribution in [0.3, 0.4) is 0 Å². The van der Waals surface area contributed by atoms with E-state index in [1.165, 1.54) is 0 Å². The first-order chi connectivity index (χ1) is 41.7. The van der Waals surface area contributed by atoms with Gasteiger partial charge in [0, 0.05) is 0 Å². The maximum atomic E-state index is 14.3. The van der Waals surface area contributed by atoms with Crippen molar-refractivity contribution in [2.45, 2.75) is 183 Å². The second kappa shape index (κ2) is 40.8. The van der Waals surface area contributed by atoms with Crippen LogP contribution in [0.2, 0.25) is 0 Å². The highest BCUT2D eigenvalue weighted by Crippen LogP contribution is 2.18. The molecule has 1 saturated heterocycles. The van der Waals surface area contributed by atoms with Gasteiger partial charge in [0.25, 0.3) is 5.91 Å². The fraction of sp³-hybridized carbons (Fsp3) is 0.636. The van der Waals surface area contributed by atoms with E-state index in [2.05, 4.69) is 44.1 Å². The van der Waals surface area contributed by atoms with Crippen LogP contribution in [0.1, 0.15) is 110 Å². The van der Waals surface area contributed by atoms with Gasteiger partial charge in [0.15, 0.2) is 12.1 Å². The number of carboxylic acid groups (broad SMARTS) is 2. The van der Waals surface area contributed by atoms with Crippen LogP contribution in [0, 0.1) is 0 Å². The van der Waals surface area contributed by atoms with E-state index in [4.69, 9.17) is 38.3 Å². The van der Waals surface area contributed by atoms with Crippen molar-refractivity contribution in [2.24, 2.45) is 17.2 Å². The number of benzene rings is 1. The summed E-state index contributed by atoms with van der Waals surface area (Å²) < 4.78 is 11.2. The molecule has 0 radical (unpaired) electrons. The number of nitrogens with two attached hydrogens (primary N) is 3. The highest BCUT2D eigenvalue weighted by Gasteiger charge is 2.41. The molecule has 1 heterocycles. The van der Waals surface area contributed by atoms with Gasteiger partial charge in [0.1, 0.15) is 60.3 Å². The number of unbranched alkanes of at least 4 members (excludes halogenated alkanes) is 5. The highest BCUT2D eigenvalue weighted by molar-refractivity contribution is 6.18.